The highest BCUT2D eigenvalue weighted by Gasteiger charge is 2.32. The van der Waals surface area contributed by atoms with E-state index in [1.165, 1.54) is 18.3 Å². The summed E-state index contributed by atoms with van der Waals surface area (Å²) in [5.74, 6) is -1.91. The van der Waals surface area contributed by atoms with Gasteiger partial charge in [-0.3, -0.25) is 9.59 Å². The second-order valence-electron chi connectivity index (χ2n) is 3.86. The topological polar surface area (TPSA) is 91.1 Å². The molecule has 20 heavy (non-hydrogen) atoms. The number of amides is 1. The van der Waals surface area contributed by atoms with Crippen molar-refractivity contribution in [3.05, 3.63) is 35.6 Å². The molecule has 104 valence electrons. The SMILES string of the molecule is O=C(O)CC1SC(=NN=Cc2ccccc2F)NC1=O. The maximum absolute atomic E-state index is 13.3. The van der Waals surface area contributed by atoms with Crippen LogP contribution in [0.25, 0.3) is 0 Å². The van der Waals surface area contributed by atoms with Gasteiger partial charge in [-0.2, -0.15) is 5.10 Å². The predicted octanol–water partition coefficient (Wildman–Crippen LogP) is 1.22. The van der Waals surface area contributed by atoms with Crippen molar-refractivity contribution in [2.75, 3.05) is 0 Å². The third kappa shape index (κ3) is 3.64. The minimum Gasteiger partial charge on any atom is -0.481 e. The van der Waals surface area contributed by atoms with Crippen molar-refractivity contribution in [3.63, 3.8) is 0 Å². The zero-order chi connectivity index (χ0) is 14.5. The van der Waals surface area contributed by atoms with Gasteiger partial charge in [-0.05, 0) is 6.07 Å². The molecule has 1 aliphatic heterocycles. The van der Waals surface area contributed by atoms with E-state index in [9.17, 15) is 14.0 Å². The number of rotatable bonds is 4. The van der Waals surface area contributed by atoms with Gasteiger partial charge in [0.05, 0.1) is 12.6 Å². The Hall–Kier alpha value is -2.22. The van der Waals surface area contributed by atoms with Crippen molar-refractivity contribution < 1.29 is 19.1 Å². The van der Waals surface area contributed by atoms with Crippen LogP contribution >= 0.6 is 11.8 Å². The van der Waals surface area contributed by atoms with Gasteiger partial charge in [0.25, 0.3) is 0 Å². The summed E-state index contributed by atoms with van der Waals surface area (Å²) in [5, 5.41) is 17.9. The lowest BCUT2D eigenvalue weighted by Crippen LogP contribution is -2.26. The van der Waals surface area contributed by atoms with Crippen molar-refractivity contribution in [2.24, 2.45) is 10.2 Å². The molecule has 0 aliphatic carbocycles. The lowest BCUT2D eigenvalue weighted by Gasteiger charge is -1.97. The molecule has 1 aliphatic rings. The van der Waals surface area contributed by atoms with Crippen molar-refractivity contribution in [2.45, 2.75) is 11.7 Å². The highest BCUT2D eigenvalue weighted by atomic mass is 32.2. The van der Waals surface area contributed by atoms with E-state index in [1.54, 1.807) is 12.1 Å². The van der Waals surface area contributed by atoms with Gasteiger partial charge in [-0.15, -0.1) is 5.10 Å². The van der Waals surface area contributed by atoms with Crippen LogP contribution in [0.5, 0.6) is 0 Å². The Morgan fingerprint density at radius 1 is 1.50 bits per heavy atom. The molecular formula is C12H10FN3O3S. The minimum atomic E-state index is -1.06. The summed E-state index contributed by atoms with van der Waals surface area (Å²) < 4.78 is 13.3. The van der Waals surface area contributed by atoms with Gasteiger partial charge < -0.3 is 10.4 Å². The van der Waals surface area contributed by atoms with E-state index in [1.807, 2.05) is 0 Å². The van der Waals surface area contributed by atoms with Crippen LogP contribution in [0.15, 0.2) is 34.5 Å². The van der Waals surface area contributed by atoms with Crippen LogP contribution in [-0.4, -0.2) is 33.6 Å². The average molecular weight is 295 g/mol. The molecule has 8 heteroatoms. The highest BCUT2D eigenvalue weighted by Crippen LogP contribution is 2.22. The van der Waals surface area contributed by atoms with Crippen molar-refractivity contribution >= 4 is 35.0 Å². The summed E-state index contributed by atoms with van der Waals surface area (Å²) in [7, 11) is 0. The molecule has 0 spiro atoms. The van der Waals surface area contributed by atoms with Gasteiger partial charge in [-0.25, -0.2) is 4.39 Å². The first-order valence-electron chi connectivity index (χ1n) is 5.61. The van der Waals surface area contributed by atoms with Crippen molar-refractivity contribution in [1.29, 1.82) is 0 Å². The molecular weight excluding hydrogens is 285 g/mol. The molecule has 1 heterocycles. The maximum Gasteiger partial charge on any atom is 0.305 e. The van der Waals surface area contributed by atoms with Crippen LogP contribution in [0, 0.1) is 5.82 Å². The second-order valence-corrected chi connectivity index (χ2v) is 5.06. The van der Waals surface area contributed by atoms with Crippen molar-refractivity contribution in [3.8, 4) is 0 Å². The summed E-state index contributed by atoms with van der Waals surface area (Å²) >= 11 is 0.987. The van der Waals surface area contributed by atoms with Gasteiger partial charge in [0.2, 0.25) is 5.91 Å². The molecule has 1 amide bonds. The Balaban J connectivity index is 2.01. The number of halogens is 1. The van der Waals surface area contributed by atoms with Gasteiger partial charge >= 0.3 is 5.97 Å². The number of nitrogens with one attached hydrogen (secondary N) is 1. The van der Waals surface area contributed by atoms with Crippen LogP contribution in [0.4, 0.5) is 4.39 Å². The molecule has 2 N–H and O–H groups in total. The quantitative estimate of drug-likeness (QED) is 0.645. The zero-order valence-corrected chi connectivity index (χ0v) is 10.9. The maximum atomic E-state index is 13.3. The zero-order valence-electron chi connectivity index (χ0n) is 10.1. The van der Waals surface area contributed by atoms with Crippen molar-refractivity contribution in [1.82, 2.24) is 5.32 Å². The number of carboxylic acids is 1. The van der Waals surface area contributed by atoms with Crippen LogP contribution < -0.4 is 5.32 Å². The first kappa shape index (κ1) is 14.2. The number of hydrogen-bond acceptors (Lipinski definition) is 5. The largest absolute Gasteiger partial charge is 0.481 e. The monoisotopic (exact) mass is 295 g/mol. The first-order chi connectivity index (χ1) is 9.56. The molecule has 0 radical (unpaired) electrons. The molecule has 1 atom stereocenters. The molecule has 6 nitrogen and oxygen atoms in total. The Labute approximate surface area is 117 Å². The van der Waals surface area contributed by atoms with Gasteiger partial charge in [0.1, 0.15) is 11.1 Å². The number of hydrogen-bond donors (Lipinski definition) is 2. The number of nitrogens with zero attached hydrogens (tertiary/aromatic N) is 2. The summed E-state index contributed by atoms with van der Waals surface area (Å²) in [5.41, 5.74) is 0.272. The molecule has 1 fully saturated rings. The normalized spacial score (nSPS) is 20.6. The van der Waals surface area contributed by atoms with E-state index >= 15 is 0 Å². The average Bonchev–Trinajstić information content (AvgIpc) is 2.72. The standard InChI is InChI=1S/C12H10FN3O3S/c13-8-4-2-1-3-7(8)6-14-16-12-15-11(19)9(20-12)5-10(17)18/h1-4,6,9H,5H2,(H,17,18)(H,15,16,19). The van der Waals surface area contributed by atoms with Gasteiger partial charge in [-0.1, -0.05) is 30.0 Å². The molecule has 1 aromatic carbocycles. The highest BCUT2D eigenvalue weighted by molar-refractivity contribution is 8.15. The van der Waals surface area contributed by atoms with E-state index in [0.29, 0.717) is 0 Å². The number of carboxylic acid groups (broad SMARTS) is 1. The molecule has 0 aromatic heterocycles. The van der Waals surface area contributed by atoms with Crippen LogP contribution in [0.3, 0.4) is 0 Å². The molecule has 0 bridgehead atoms. The number of amidine groups is 1. The van der Waals surface area contributed by atoms with Crippen LogP contribution in [0.2, 0.25) is 0 Å². The third-order valence-corrected chi connectivity index (χ3v) is 3.46. The van der Waals surface area contributed by atoms with E-state index in [2.05, 4.69) is 15.5 Å². The number of carbonyl (C=O) groups excluding carboxylic acids is 1. The van der Waals surface area contributed by atoms with Gasteiger partial charge in [0, 0.05) is 5.56 Å². The summed E-state index contributed by atoms with van der Waals surface area (Å²) in [6.07, 6.45) is 0.937. The Kier molecular flexibility index (Phi) is 4.46. The van der Waals surface area contributed by atoms with Crippen LogP contribution in [-0.2, 0) is 9.59 Å². The van der Waals surface area contributed by atoms with E-state index in [4.69, 9.17) is 5.11 Å². The lowest BCUT2D eigenvalue weighted by molar-refractivity contribution is -0.138. The molecule has 1 aromatic rings. The smallest absolute Gasteiger partial charge is 0.305 e. The number of benzene rings is 1. The number of aliphatic carboxylic acids is 1. The lowest BCUT2D eigenvalue weighted by atomic mass is 10.2. The second kappa shape index (κ2) is 6.29. The fraction of sp³-hybridized carbons (Fsp3) is 0.167. The Morgan fingerprint density at radius 3 is 2.95 bits per heavy atom. The fourth-order valence-electron chi connectivity index (χ4n) is 1.47. The van der Waals surface area contributed by atoms with Crippen LogP contribution in [0.1, 0.15) is 12.0 Å². The number of thioether (sulfide) groups is 1. The third-order valence-electron chi connectivity index (χ3n) is 2.39. The molecule has 2 rings (SSSR count). The summed E-state index contributed by atoms with van der Waals surface area (Å²) in [6, 6.07) is 6.05. The fourth-order valence-corrected chi connectivity index (χ4v) is 2.38. The Morgan fingerprint density at radius 2 is 2.25 bits per heavy atom. The van der Waals surface area contributed by atoms with E-state index < -0.39 is 22.9 Å². The Bertz CT molecular complexity index is 603. The van der Waals surface area contributed by atoms with E-state index in [-0.39, 0.29) is 17.2 Å². The molecule has 0 saturated carbocycles. The summed E-state index contributed by atoms with van der Waals surface area (Å²) in [6.45, 7) is 0. The molecule has 1 unspecified atom stereocenters. The van der Waals surface area contributed by atoms with E-state index in [0.717, 1.165) is 11.8 Å². The molecule has 1 saturated heterocycles. The summed E-state index contributed by atoms with van der Waals surface area (Å²) in [4.78, 5) is 22.0. The van der Waals surface area contributed by atoms with Gasteiger partial charge in [0.15, 0.2) is 5.17 Å². The number of carbonyl (C=O) groups is 2. The predicted molar refractivity (Wildman–Crippen MR) is 73.2 cm³/mol. The first-order valence-corrected chi connectivity index (χ1v) is 6.49. The minimum absolute atomic E-state index is 0.203.